The number of hydrogen-bond acceptors (Lipinski definition) is 4. The molecule has 2 rings (SSSR count). The van der Waals surface area contributed by atoms with Crippen LogP contribution in [-0.4, -0.2) is 36.4 Å². The van der Waals surface area contributed by atoms with E-state index in [0.29, 0.717) is 10.7 Å². The molecule has 6 nitrogen and oxygen atoms in total. The van der Waals surface area contributed by atoms with Crippen molar-refractivity contribution < 1.29 is 23.1 Å². The Morgan fingerprint density at radius 2 is 1.67 bits per heavy atom. The molecule has 0 spiro atoms. The number of carboxylic acids is 1. The third kappa shape index (κ3) is 6.37. The van der Waals surface area contributed by atoms with Crippen molar-refractivity contribution in [3.63, 3.8) is 0 Å². The van der Waals surface area contributed by atoms with Gasteiger partial charge >= 0.3 is 5.97 Å². The predicted octanol–water partition coefficient (Wildman–Crippen LogP) is 3.09. The van der Waals surface area contributed by atoms with Crippen LogP contribution < -0.4 is 5.32 Å². The van der Waals surface area contributed by atoms with Gasteiger partial charge in [-0.3, -0.25) is 9.59 Å². The Balaban J connectivity index is 2.03. The largest absolute Gasteiger partial charge is 0.480 e. The number of rotatable bonds is 8. The van der Waals surface area contributed by atoms with Crippen LogP contribution in [0.25, 0.3) is 0 Å². The summed E-state index contributed by atoms with van der Waals surface area (Å²) in [5, 5.41) is 10.6. The molecule has 2 aromatic carbocycles. The lowest BCUT2D eigenvalue weighted by molar-refractivity contribution is -0.136. The second kappa shape index (κ2) is 9.01. The molecule has 2 aromatic rings. The molecule has 0 aliphatic heterocycles. The Labute approximate surface area is 163 Å². The monoisotopic (exact) mass is 409 g/mol. The van der Waals surface area contributed by atoms with Gasteiger partial charge in [-0.05, 0) is 49.6 Å². The summed E-state index contributed by atoms with van der Waals surface area (Å²) in [5.41, 5.74) is 2.28. The molecular formula is C19H20ClNO5S. The molecule has 0 saturated heterocycles. The lowest BCUT2D eigenvalue weighted by Crippen LogP contribution is -2.36. The third-order valence-electron chi connectivity index (χ3n) is 3.98. The van der Waals surface area contributed by atoms with Gasteiger partial charge in [0.2, 0.25) is 5.91 Å². The molecule has 0 fully saturated rings. The minimum absolute atomic E-state index is 0.102. The van der Waals surface area contributed by atoms with Crippen molar-refractivity contribution in [2.24, 2.45) is 0 Å². The molecule has 0 bridgehead atoms. The second-order valence-electron chi connectivity index (χ2n) is 6.21. The fraction of sp³-hybridized carbons (Fsp3) is 0.263. The quantitative estimate of drug-likeness (QED) is 0.697. The van der Waals surface area contributed by atoms with Gasteiger partial charge in [0.1, 0.15) is 5.75 Å². The normalized spacial score (nSPS) is 12.4. The molecule has 0 aliphatic rings. The van der Waals surface area contributed by atoms with E-state index in [9.17, 15) is 23.1 Å². The van der Waals surface area contributed by atoms with Crippen LogP contribution in [0, 0.1) is 6.92 Å². The number of benzene rings is 2. The maximum absolute atomic E-state index is 12.4. The Morgan fingerprint density at radius 1 is 1.07 bits per heavy atom. The summed E-state index contributed by atoms with van der Waals surface area (Å²) < 4.78 is 24.9. The van der Waals surface area contributed by atoms with E-state index in [2.05, 4.69) is 5.32 Å². The molecule has 144 valence electrons. The standard InChI is InChI=1S/C19H20ClNO5S/c1-13-2-4-14(5-3-13)6-11-17(19(23)24)27(25,26)12-18(22)21-16-9-7-15(20)8-10-16/h2-5,7-10,17H,6,11-12H2,1H3,(H,21,22)(H,23,24). The highest BCUT2D eigenvalue weighted by Gasteiger charge is 2.34. The van der Waals surface area contributed by atoms with Crippen molar-refractivity contribution in [2.75, 3.05) is 11.1 Å². The van der Waals surface area contributed by atoms with Gasteiger partial charge in [0.25, 0.3) is 0 Å². The molecular weight excluding hydrogens is 390 g/mol. The molecule has 27 heavy (non-hydrogen) atoms. The van der Waals surface area contributed by atoms with Gasteiger partial charge < -0.3 is 10.4 Å². The van der Waals surface area contributed by atoms with Gasteiger partial charge in [-0.15, -0.1) is 0 Å². The first-order valence-electron chi connectivity index (χ1n) is 8.23. The maximum Gasteiger partial charge on any atom is 0.321 e. The van der Waals surface area contributed by atoms with E-state index in [4.69, 9.17) is 11.6 Å². The number of aryl methyl sites for hydroxylation is 2. The summed E-state index contributed by atoms with van der Waals surface area (Å²) in [5.74, 6) is -3.15. The van der Waals surface area contributed by atoms with Gasteiger partial charge in [0.15, 0.2) is 15.1 Å². The number of anilines is 1. The zero-order valence-corrected chi connectivity index (χ0v) is 16.3. The van der Waals surface area contributed by atoms with Gasteiger partial charge in [-0.25, -0.2) is 8.42 Å². The highest BCUT2D eigenvalue weighted by Crippen LogP contribution is 2.16. The van der Waals surface area contributed by atoms with Gasteiger partial charge in [0, 0.05) is 10.7 Å². The van der Waals surface area contributed by atoms with E-state index in [1.165, 1.54) is 12.1 Å². The minimum Gasteiger partial charge on any atom is -0.480 e. The maximum atomic E-state index is 12.4. The van der Waals surface area contributed by atoms with Crippen LogP contribution in [-0.2, 0) is 25.8 Å². The first kappa shape index (κ1) is 20.9. The molecule has 0 aromatic heterocycles. The Kier molecular flexibility index (Phi) is 6.98. The topological polar surface area (TPSA) is 101 Å². The van der Waals surface area contributed by atoms with Crippen LogP contribution in [0.2, 0.25) is 5.02 Å². The number of halogens is 1. The Morgan fingerprint density at radius 3 is 2.22 bits per heavy atom. The van der Waals surface area contributed by atoms with Gasteiger partial charge in [0.05, 0.1) is 0 Å². The smallest absolute Gasteiger partial charge is 0.321 e. The van der Waals surface area contributed by atoms with Crippen molar-refractivity contribution in [3.8, 4) is 0 Å². The average Bonchev–Trinajstić information content (AvgIpc) is 2.57. The number of hydrogen-bond donors (Lipinski definition) is 2. The first-order valence-corrected chi connectivity index (χ1v) is 10.3. The van der Waals surface area contributed by atoms with E-state index in [-0.39, 0.29) is 12.8 Å². The van der Waals surface area contributed by atoms with Crippen molar-refractivity contribution >= 4 is 39.0 Å². The minimum atomic E-state index is -4.17. The summed E-state index contributed by atoms with van der Waals surface area (Å²) in [6.07, 6.45) is 0.185. The number of amides is 1. The zero-order chi connectivity index (χ0) is 20.0. The fourth-order valence-electron chi connectivity index (χ4n) is 2.52. The molecule has 2 N–H and O–H groups in total. The van der Waals surface area contributed by atoms with Gasteiger partial charge in [-0.2, -0.15) is 0 Å². The zero-order valence-electron chi connectivity index (χ0n) is 14.7. The molecule has 0 heterocycles. The molecule has 8 heteroatoms. The van der Waals surface area contributed by atoms with Crippen molar-refractivity contribution in [1.82, 2.24) is 0 Å². The highest BCUT2D eigenvalue weighted by atomic mass is 35.5. The molecule has 1 atom stereocenters. The van der Waals surface area contributed by atoms with Crippen molar-refractivity contribution in [2.45, 2.75) is 25.0 Å². The van der Waals surface area contributed by atoms with Crippen LogP contribution in [0.4, 0.5) is 5.69 Å². The number of nitrogens with one attached hydrogen (secondary N) is 1. The summed E-state index contributed by atoms with van der Waals surface area (Å²) >= 11 is 5.75. The Bertz CT molecular complexity index is 908. The lowest BCUT2D eigenvalue weighted by Gasteiger charge is -2.14. The highest BCUT2D eigenvalue weighted by molar-refractivity contribution is 7.93. The first-order chi connectivity index (χ1) is 12.7. The fourth-order valence-corrected chi connectivity index (χ4v) is 4.07. The van der Waals surface area contributed by atoms with E-state index < -0.39 is 32.7 Å². The number of aliphatic carboxylic acids is 1. The number of carboxylic acid groups (broad SMARTS) is 1. The molecule has 1 amide bonds. The lowest BCUT2D eigenvalue weighted by atomic mass is 10.1. The second-order valence-corrected chi connectivity index (χ2v) is 8.83. The number of carbonyl (C=O) groups excluding carboxylic acids is 1. The molecule has 0 saturated carbocycles. The van der Waals surface area contributed by atoms with Crippen LogP contribution in [0.15, 0.2) is 48.5 Å². The molecule has 0 radical (unpaired) electrons. The van der Waals surface area contributed by atoms with E-state index >= 15 is 0 Å². The summed E-state index contributed by atoms with van der Waals surface area (Å²) in [7, 11) is -4.17. The van der Waals surface area contributed by atoms with Crippen molar-refractivity contribution in [3.05, 3.63) is 64.7 Å². The third-order valence-corrected chi connectivity index (χ3v) is 6.21. The average molecular weight is 410 g/mol. The van der Waals surface area contributed by atoms with Crippen LogP contribution >= 0.6 is 11.6 Å². The molecule has 1 unspecified atom stereocenters. The van der Waals surface area contributed by atoms with Gasteiger partial charge in [-0.1, -0.05) is 41.4 Å². The number of sulfone groups is 1. The predicted molar refractivity (Wildman–Crippen MR) is 105 cm³/mol. The number of carbonyl (C=O) groups is 2. The SMILES string of the molecule is Cc1ccc(CCC(C(=O)O)S(=O)(=O)CC(=O)Nc2ccc(Cl)cc2)cc1. The van der Waals surface area contributed by atoms with E-state index in [1.54, 1.807) is 12.1 Å². The summed E-state index contributed by atoms with van der Waals surface area (Å²) in [4.78, 5) is 23.5. The van der Waals surface area contributed by atoms with E-state index in [1.807, 2.05) is 31.2 Å². The summed E-state index contributed by atoms with van der Waals surface area (Å²) in [6.45, 7) is 1.92. The Hall–Kier alpha value is -2.38. The summed E-state index contributed by atoms with van der Waals surface area (Å²) in [6, 6.07) is 13.6. The van der Waals surface area contributed by atoms with Crippen LogP contribution in [0.3, 0.4) is 0 Å². The van der Waals surface area contributed by atoms with Crippen molar-refractivity contribution in [1.29, 1.82) is 0 Å². The van der Waals surface area contributed by atoms with Crippen LogP contribution in [0.1, 0.15) is 17.5 Å². The molecule has 0 aliphatic carbocycles. The van der Waals surface area contributed by atoms with Crippen LogP contribution in [0.5, 0.6) is 0 Å². The van der Waals surface area contributed by atoms with E-state index in [0.717, 1.165) is 11.1 Å².